The highest BCUT2D eigenvalue weighted by Crippen LogP contribution is 2.44. The molecule has 0 saturated carbocycles. The van der Waals surface area contributed by atoms with Gasteiger partial charge in [0.15, 0.2) is 6.10 Å². The summed E-state index contributed by atoms with van der Waals surface area (Å²) in [5.74, 6) is -0.277. The molecule has 33 heavy (non-hydrogen) atoms. The molecule has 9 heteroatoms. The molecular formula is C24H29F3N2O4. The number of carbonyl (C=O) groups is 1. The lowest BCUT2D eigenvalue weighted by Gasteiger charge is -2.28. The van der Waals surface area contributed by atoms with Crippen LogP contribution in [-0.2, 0) is 11.8 Å². The minimum Gasteiger partial charge on any atom is -0.494 e. The molecule has 0 bridgehead atoms. The molecule has 0 saturated heterocycles. The molecule has 2 aromatic rings. The number of amides is 2. The van der Waals surface area contributed by atoms with Crippen LogP contribution in [0, 0.1) is 0 Å². The highest BCUT2D eigenvalue weighted by atomic mass is 19.4. The van der Waals surface area contributed by atoms with E-state index in [2.05, 4.69) is 10.6 Å². The van der Waals surface area contributed by atoms with Crippen LogP contribution in [0.25, 0.3) is 0 Å². The van der Waals surface area contributed by atoms with Crippen LogP contribution >= 0.6 is 0 Å². The van der Waals surface area contributed by atoms with Gasteiger partial charge >= 0.3 is 12.2 Å². The molecule has 1 aliphatic carbocycles. The molecule has 0 unspecified atom stereocenters. The fraction of sp³-hybridized carbons (Fsp3) is 0.458. The number of hydrogen-bond acceptors (Lipinski definition) is 4. The molecule has 3 atom stereocenters. The maximum absolute atomic E-state index is 13.4. The highest BCUT2D eigenvalue weighted by molar-refractivity contribution is 5.92. The first-order valence-electron chi connectivity index (χ1n) is 10.7. The van der Waals surface area contributed by atoms with Crippen LogP contribution in [0.2, 0.25) is 0 Å². The van der Waals surface area contributed by atoms with Gasteiger partial charge in [0.25, 0.3) is 0 Å². The quantitative estimate of drug-likeness (QED) is 0.494. The Kier molecular flexibility index (Phi) is 6.95. The molecule has 6 nitrogen and oxygen atoms in total. The SMILES string of the molecule is CCC(C)(C)c1cc(NC(=O)N[C@@H]2Cc3ccccc3[C@@H]2O)c(OC)c([C@H](O)C(F)(F)F)c1. The van der Waals surface area contributed by atoms with E-state index >= 15 is 0 Å². The predicted octanol–water partition coefficient (Wildman–Crippen LogP) is 4.76. The number of anilines is 1. The normalized spacial score (nSPS) is 19.1. The molecule has 0 aromatic heterocycles. The number of ether oxygens (including phenoxy) is 1. The van der Waals surface area contributed by atoms with E-state index < -0.39 is 41.4 Å². The van der Waals surface area contributed by atoms with Crippen molar-refractivity contribution in [1.29, 1.82) is 0 Å². The summed E-state index contributed by atoms with van der Waals surface area (Å²) < 4.78 is 45.3. The van der Waals surface area contributed by atoms with E-state index in [-0.39, 0.29) is 11.4 Å². The molecular weight excluding hydrogens is 437 g/mol. The lowest BCUT2D eigenvalue weighted by atomic mass is 9.80. The standard InChI is InChI=1S/C24H29F3N2O4/c1-5-23(2,3)14-11-16(21(31)24(25,26)27)20(33-4)18(12-14)29-22(32)28-17-10-13-8-6-7-9-15(13)19(17)30/h6-9,11-12,17,19,21,30-31H,5,10H2,1-4H3,(H2,28,29,32)/t17-,19+,21+/m1/s1. The second-order valence-electron chi connectivity index (χ2n) is 8.88. The topological polar surface area (TPSA) is 90.8 Å². The molecule has 4 N–H and O–H groups in total. The van der Waals surface area contributed by atoms with E-state index in [4.69, 9.17) is 4.74 Å². The zero-order valence-corrected chi connectivity index (χ0v) is 19.0. The van der Waals surface area contributed by atoms with Crippen LogP contribution in [-0.4, -0.2) is 35.6 Å². The number of methoxy groups -OCH3 is 1. The number of alkyl halides is 3. The third kappa shape index (κ3) is 5.09. The summed E-state index contributed by atoms with van der Waals surface area (Å²) in [4.78, 5) is 12.8. The molecule has 1 aliphatic rings. The number of aliphatic hydroxyl groups excluding tert-OH is 2. The van der Waals surface area contributed by atoms with Crippen molar-refractivity contribution >= 4 is 11.7 Å². The van der Waals surface area contributed by atoms with Crippen molar-refractivity contribution in [1.82, 2.24) is 5.32 Å². The van der Waals surface area contributed by atoms with Gasteiger partial charge in [-0.25, -0.2) is 4.79 Å². The number of urea groups is 1. The molecule has 0 radical (unpaired) electrons. The minimum absolute atomic E-state index is 0.00248. The molecule has 0 spiro atoms. The van der Waals surface area contributed by atoms with Crippen molar-refractivity contribution in [3.63, 3.8) is 0 Å². The molecule has 3 rings (SSSR count). The van der Waals surface area contributed by atoms with Gasteiger partial charge in [0.05, 0.1) is 24.9 Å². The number of benzene rings is 2. The van der Waals surface area contributed by atoms with Crippen LogP contribution in [0.5, 0.6) is 5.75 Å². The number of carbonyl (C=O) groups excluding carboxylic acids is 1. The Balaban J connectivity index is 1.92. The van der Waals surface area contributed by atoms with E-state index in [0.29, 0.717) is 18.4 Å². The molecule has 2 aromatic carbocycles. The fourth-order valence-electron chi connectivity index (χ4n) is 3.98. The summed E-state index contributed by atoms with van der Waals surface area (Å²) in [6, 6.07) is 8.80. The van der Waals surface area contributed by atoms with Crippen LogP contribution in [0.3, 0.4) is 0 Å². The number of halogens is 3. The van der Waals surface area contributed by atoms with Crippen molar-refractivity contribution in [3.05, 3.63) is 58.7 Å². The van der Waals surface area contributed by atoms with Gasteiger partial charge in [-0.05, 0) is 47.1 Å². The summed E-state index contributed by atoms with van der Waals surface area (Å²) in [5.41, 5.74) is 1.14. The summed E-state index contributed by atoms with van der Waals surface area (Å²) in [6.07, 6.45) is -7.57. The largest absolute Gasteiger partial charge is 0.494 e. The summed E-state index contributed by atoms with van der Waals surface area (Å²) in [7, 11) is 1.17. The first kappa shape index (κ1) is 24.9. The average molecular weight is 467 g/mol. The molecule has 0 aliphatic heterocycles. The van der Waals surface area contributed by atoms with Crippen molar-refractivity contribution < 1.29 is 32.9 Å². The van der Waals surface area contributed by atoms with E-state index in [9.17, 15) is 28.2 Å². The molecule has 180 valence electrons. The van der Waals surface area contributed by atoms with Crippen LogP contribution in [0.1, 0.15) is 61.7 Å². The number of nitrogens with one attached hydrogen (secondary N) is 2. The van der Waals surface area contributed by atoms with Gasteiger partial charge in [-0.3, -0.25) is 0 Å². The summed E-state index contributed by atoms with van der Waals surface area (Å²) >= 11 is 0. The minimum atomic E-state index is -4.92. The summed E-state index contributed by atoms with van der Waals surface area (Å²) in [5, 5.41) is 25.7. The zero-order valence-electron chi connectivity index (χ0n) is 19.0. The van der Waals surface area contributed by atoms with Crippen molar-refractivity contribution in [2.24, 2.45) is 0 Å². The van der Waals surface area contributed by atoms with Crippen LogP contribution in [0.4, 0.5) is 23.7 Å². The molecule has 2 amide bonds. The number of rotatable bonds is 6. The Morgan fingerprint density at radius 2 is 1.91 bits per heavy atom. The second kappa shape index (κ2) is 9.23. The monoisotopic (exact) mass is 466 g/mol. The Hall–Kier alpha value is -2.78. The van der Waals surface area contributed by atoms with E-state index in [1.807, 2.05) is 32.9 Å². The lowest BCUT2D eigenvalue weighted by molar-refractivity contribution is -0.207. The highest BCUT2D eigenvalue weighted by Gasteiger charge is 2.42. The van der Waals surface area contributed by atoms with Gasteiger partial charge in [0.1, 0.15) is 5.75 Å². The van der Waals surface area contributed by atoms with Crippen LogP contribution < -0.4 is 15.4 Å². The first-order chi connectivity index (χ1) is 15.4. The Labute approximate surface area is 190 Å². The van der Waals surface area contributed by atoms with Crippen molar-refractivity contribution in [2.45, 2.75) is 63.5 Å². The summed E-state index contributed by atoms with van der Waals surface area (Å²) in [6.45, 7) is 5.60. The smallest absolute Gasteiger partial charge is 0.418 e. The van der Waals surface area contributed by atoms with Gasteiger partial charge < -0.3 is 25.6 Å². The Bertz CT molecular complexity index is 1020. The Morgan fingerprint density at radius 3 is 2.48 bits per heavy atom. The van der Waals surface area contributed by atoms with Gasteiger partial charge in [-0.2, -0.15) is 13.2 Å². The van der Waals surface area contributed by atoms with E-state index in [1.54, 1.807) is 18.2 Å². The zero-order chi connectivity index (χ0) is 24.6. The van der Waals surface area contributed by atoms with Gasteiger partial charge in [0.2, 0.25) is 0 Å². The lowest BCUT2D eigenvalue weighted by Crippen LogP contribution is -2.40. The number of fused-ring (bicyclic) bond motifs is 1. The van der Waals surface area contributed by atoms with E-state index in [1.165, 1.54) is 13.2 Å². The number of aliphatic hydroxyl groups is 2. The first-order valence-corrected chi connectivity index (χ1v) is 10.7. The van der Waals surface area contributed by atoms with E-state index in [0.717, 1.165) is 11.1 Å². The number of hydrogen-bond donors (Lipinski definition) is 4. The van der Waals surface area contributed by atoms with Crippen molar-refractivity contribution in [2.75, 3.05) is 12.4 Å². The maximum Gasteiger partial charge on any atom is 0.418 e. The predicted molar refractivity (Wildman–Crippen MR) is 118 cm³/mol. The van der Waals surface area contributed by atoms with Crippen LogP contribution in [0.15, 0.2) is 36.4 Å². The Morgan fingerprint density at radius 1 is 1.24 bits per heavy atom. The average Bonchev–Trinajstić information content (AvgIpc) is 3.07. The molecule has 0 fully saturated rings. The molecule has 0 heterocycles. The third-order valence-corrected chi connectivity index (χ3v) is 6.35. The second-order valence-corrected chi connectivity index (χ2v) is 8.88. The third-order valence-electron chi connectivity index (χ3n) is 6.35. The fourth-order valence-corrected chi connectivity index (χ4v) is 3.98. The van der Waals surface area contributed by atoms with Crippen molar-refractivity contribution in [3.8, 4) is 5.75 Å². The van der Waals surface area contributed by atoms with Gasteiger partial charge in [0, 0.05) is 5.56 Å². The maximum atomic E-state index is 13.4. The van der Waals surface area contributed by atoms with Gasteiger partial charge in [-0.15, -0.1) is 0 Å². The van der Waals surface area contributed by atoms with Gasteiger partial charge in [-0.1, -0.05) is 45.0 Å².